The summed E-state index contributed by atoms with van der Waals surface area (Å²) in [5, 5.41) is 2.83. The molecule has 0 aliphatic carbocycles. The summed E-state index contributed by atoms with van der Waals surface area (Å²) < 4.78 is 16.1. The standard InChI is InChI=1S/C17H24N4O4/c1-11-14(19-12(2)25-11)4-6-18-17(22)15-10-24-16(20-15)9-21-7-5-13(8-21)23-3/h10,13H,4-9H2,1-3H3,(H,18,22)/t13-/m0/s1. The molecule has 2 aromatic rings. The smallest absolute Gasteiger partial charge is 0.273 e. The molecule has 136 valence electrons. The summed E-state index contributed by atoms with van der Waals surface area (Å²) >= 11 is 0. The molecule has 8 nitrogen and oxygen atoms in total. The van der Waals surface area contributed by atoms with Crippen LogP contribution >= 0.6 is 0 Å². The molecule has 0 bridgehead atoms. The predicted molar refractivity (Wildman–Crippen MR) is 89.2 cm³/mol. The van der Waals surface area contributed by atoms with E-state index in [1.165, 1.54) is 6.26 Å². The molecule has 1 N–H and O–H groups in total. The Hall–Kier alpha value is -2.19. The molecule has 3 rings (SSSR count). The Labute approximate surface area is 146 Å². The molecule has 0 radical (unpaired) electrons. The molecule has 1 fully saturated rings. The Balaban J connectivity index is 1.46. The molecule has 1 atom stereocenters. The summed E-state index contributed by atoms with van der Waals surface area (Å²) in [4.78, 5) is 22.9. The SMILES string of the molecule is CO[C@H]1CCN(Cc2nc(C(=O)NCCc3nc(C)oc3C)co2)C1. The number of carbonyl (C=O) groups excluding carboxylic acids is 1. The summed E-state index contributed by atoms with van der Waals surface area (Å²) in [6, 6.07) is 0. The summed E-state index contributed by atoms with van der Waals surface area (Å²) in [6.45, 7) is 6.53. The van der Waals surface area contributed by atoms with Crippen molar-refractivity contribution < 1.29 is 18.4 Å². The van der Waals surface area contributed by atoms with Crippen LogP contribution in [0, 0.1) is 13.8 Å². The van der Waals surface area contributed by atoms with Gasteiger partial charge in [0.15, 0.2) is 11.6 Å². The molecule has 1 aliphatic heterocycles. The van der Waals surface area contributed by atoms with Gasteiger partial charge < -0.3 is 18.9 Å². The van der Waals surface area contributed by atoms with Crippen LogP contribution in [-0.2, 0) is 17.7 Å². The molecule has 8 heteroatoms. The lowest BCUT2D eigenvalue weighted by Gasteiger charge is -2.12. The van der Waals surface area contributed by atoms with Gasteiger partial charge in [-0.05, 0) is 13.3 Å². The highest BCUT2D eigenvalue weighted by atomic mass is 16.5. The fourth-order valence-electron chi connectivity index (χ4n) is 3.00. The third-order valence-corrected chi connectivity index (χ3v) is 4.35. The Bertz CT molecular complexity index is 724. The Morgan fingerprint density at radius 1 is 1.44 bits per heavy atom. The van der Waals surface area contributed by atoms with Gasteiger partial charge in [-0.1, -0.05) is 0 Å². The zero-order valence-electron chi connectivity index (χ0n) is 14.9. The second-order valence-electron chi connectivity index (χ2n) is 6.25. The van der Waals surface area contributed by atoms with Gasteiger partial charge in [-0.3, -0.25) is 9.69 Å². The van der Waals surface area contributed by atoms with Crippen LogP contribution < -0.4 is 5.32 Å². The van der Waals surface area contributed by atoms with Crippen LogP contribution in [0.3, 0.4) is 0 Å². The second kappa shape index (κ2) is 7.79. The van der Waals surface area contributed by atoms with Crippen molar-refractivity contribution in [2.24, 2.45) is 0 Å². The first-order chi connectivity index (χ1) is 12.0. The van der Waals surface area contributed by atoms with Crippen LogP contribution in [0.1, 0.15) is 40.1 Å². The first kappa shape index (κ1) is 17.6. The monoisotopic (exact) mass is 348 g/mol. The Morgan fingerprint density at radius 2 is 2.28 bits per heavy atom. The Morgan fingerprint density at radius 3 is 2.96 bits per heavy atom. The molecule has 1 aliphatic rings. The van der Waals surface area contributed by atoms with Crippen LogP contribution in [-0.4, -0.2) is 53.6 Å². The zero-order valence-corrected chi connectivity index (χ0v) is 14.9. The molecule has 0 spiro atoms. The number of nitrogens with zero attached hydrogens (tertiary/aromatic N) is 3. The molecule has 0 aromatic carbocycles. The van der Waals surface area contributed by atoms with E-state index in [4.69, 9.17) is 13.6 Å². The Kier molecular flexibility index (Phi) is 5.50. The second-order valence-corrected chi connectivity index (χ2v) is 6.25. The summed E-state index contributed by atoms with van der Waals surface area (Å²) in [6.07, 6.45) is 3.29. The maximum Gasteiger partial charge on any atom is 0.273 e. The number of oxazole rings is 2. The summed E-state index contributed by atoms with van der Waals surface area (Å²) in [5.41, 5.74) is 1.16. The van der Waals surface area contributed by atoms with E-state index in [1.54, 1.807) is 14.0 Å². The molecule has 3 heterocycles. The highest BCUT2D eigenvalue weighted by Crippen LogP contribution is 2.15. The largest absolute Gasteiger partial charge is 0.447 e. The van der Waals surface area contributed by atoms with E-state index >= 15 is 0 Å². The fourth-order valence-corrected chi connectivity index (χ4v) is 3.00. The fraction of sp³-hybridized carbons (Fsp3) is 0.588. The first-order valence-electron chi connectivity index (χ1n) is 8.46. The van der Waals surface area contributed by atoms with Crippen molar-refractivity contribution in [2.45, 2.75) is 39.3 Å². The minimum absolute atomic E-state index is 0.246. The quantitative estimate of drug-likeness (QED) is 0.810. The van der Waals surface area contributed by atoms with E-state index in [-0.39, 0.29) is 12.0 Å². The van der Waals surface area contributed by atoms with E-state index in [0.717, 1.165) is 31.0 Å². The maximum atomic E-state index is 12.2. The van der Waals surface area contributed by atoms with Crippen molar-refractivity contribution in [3.05, 3.63) is 35.2 Å². The normalized spacial score (nSPS) is 18.0. The third-order valence-electron chi connectivity index (χ3n) is 4.35. The predicted octanol–water partition coefficient (Wildman–Crippen LogP) is 1.47. The number of ether oxygens (including phenoxy) is 1. The van der Waals surface area contributed by atoms with Gasteiger partial charge >= 0.3 is 0 Å². The van der Waals surface area contributed by atoms with E-state index in [0.29, 0.717) is 37.0 Å². The molecule has 25 heavy (non-hydrogen) atoms. The van der Waals surface area contributed by atoms with Gasteiger partial charge in [0.25, 0.3) is 5.91 Å². The first-order valence-corrected chi connectivity index (χ1v) is 8.46. The van der Waals surface area contributed by atoms with Crippen molar-refractivity contribution in [2.75, 3.05) is 26.7 Å². The molecular formula is C17H24N4O4. The topological polar surface area (TPSA) is 93.6 Å². The lowest BCUT2D eigenvalue weighted by Crippen LogP contribution is -2.26. The van der Waals surface area contributed by atoms with E-state index in [2.05, 4.69) is 20.2 Å². The van der Waals surface area contributed by atoms with Crippen LogP contribution in [0.4, 0.5) is 0 Å². The van der Waals surface area contributed by atoms with Crippen molar-refractivity contribution in [3.63, 3.8) is 0 Å². The number of hydrogen-bond donors (Lipinski definition) is 1. The summed E-state index contributed by atoms with van der Waals surface area (Å²) in [7, 11) is 1.73. The van der Waals surface area contributed by atoms with Crippen LogP contribution in [0.5, 0.6) is 0 Å². The number of carbonyl (C=O) groups is 1. The minimum Gasteiger partial charge on any atom is -0.447 e. The molecule has 1 amide bonds. The van der Waals surface area contributed by atoms with Crippen molar-refractivity contribution >= 4 is 5.91 Å². The average molecular weight is 348 g/mol. The number of amides is 1. The lowest BCUT2D eigenvalue weighted by atomic mass is 10.2. The van der Waals surface area contributed by atoms with Crippen molar-refractivity contribution in [1.82, 2.24) is 20.2 Å². The van der Waals surface area contributed by atoms with Gasteiger partial charge in [0.05, 0.1) is 18.3 Å². The minimum atomic E-state index is -0.246. The van der Waals surface area contributed by atoms with E-state index < -0.39 is 0 Å². The third kappa shape index (κ3) is 4.46. The number of hydrogen-bond acceptors (Lipinski definition) is 7. The highest BCUT2D eigenvalue weighted by molar-refractivity contribution is 5.91. The number of methoxy groups -OCH3 is 1. The number of likely N-dealkylation sites (tertiary alicyclic amines) is 1. The van der Waals surface area contributed by atoms with E-state index in [9.17, 15) is 4.79 Å². The van der Waals surface area contributed by atoms with Gasteiger partial charge in [-0.25, -0.2) is 9.97 Å². The lowest BCUT2D eigenvalue weighted by molar-refractivity contribution is 0.0948. The number of nitrogens with one attached hydrogen (secondary N) is 1. The van der Waals surface area contributed by atoms with Gasteiger partial charge in [-0.15, -0.1) is 0 Å². The molecule has 0 unspecified atom stereocenters. The number of rotatable bonds is 7. The number of aromatic nitrogens is 2. The van der Waals surface area contributed by atoms with Crippen molar-refractivity contribution in [1.29, 1.82) is 0 Å². The molecule has 2 aromatic heterocycles. The average Bonchev–Trinajstić information content (AvgIpc) is 3.29. The molecule has 0 saturated carbocycles. The maximum absolute atomic E-state index is 12.2. The number of aryl methyl sites for hydroxylation is 2. The van der Waals surface area contributed by atoms with Gasteiger partial charge in [0, 0.05) is 40.1 Å². The van der Waals surface area contributed by atoms with E-state index in [1.807, 2.05) is 6.92 Å². The van der Waals surface area contributed by atoms with Crippen LogP contribution in [0.15, 0.2) is 15.1 Å². The molecular weight excluding hydrogens is 324 g/mol. The van der Waals surface area contributed by atoms with Gasteiger partial charge in [0.1, 0.15) is 12.0 Å². The zero-order chi connectivity index (χ0) is 17.8. The highest BCUT2D eigenvalue weighted by Gasteiger charge is 2.23. The molecule has 1 saturated heterocycles. The van der Waals surface area contributed by atoms with Gasteiger partial charge in [-0.2, -0.15) is 0 Å². The van der Waals surface area contributed by atoms with Crippen LogP contribution in [0.25, 0.3) is 0 Å². The van der Waals surface area contributed by atoms with Crippen LogP contribution in [0.2, 0.25) is 0 Å². The van der Waals surface area contributed by atoms with Gasteiger partial charge in [0.2, 0.25) is 5.89 Å². The summed E-state index contributed by atoms with van der Waals surface area (Å²) in [5.74, 6) is 1.72. The van der Waals surface area contributed by atoms with Crippen molar-refractivity contribution in [3.8, 4) is 0 Å².